The number of halogens is 1. The number of benzene rings is 1. The van der Waals surface area contributed by atoms with Crippen LogP contribution in [0.3, 0.4) is 0 Å². The minimum absolute atomic E-state index is 0.0872. The first-order chi connectivity index (χ1) is 8.99. The molecule has 1 atom stereocenters. The first-order valence-electron chi connectivity index (χ1n) is 6.24. The van der Waals surface area contributed by atoms with Gasteiger partial charge < -0.3 is 10.0 Å². The zero-order valence-electron chi connectivity index (χ0n) is 10.7. The molecule has 19 heavy (non-hydrogen) atoms. The summed E-state index contributed by atoms with van der Waals surface area (Å²) in [5.74, 6) is -0.714. The second-order valence-corrected chi connectivity index (χ2v) is 5.30. The first kappa shape index (κ1) is 13.9. The van der Waals surface area contributed by atoms with Gasteiger partial charge in [-0.25, -0.2) is 0 Å². The van der Waals surface area contributed by atoms with Crippen LogP contribution in [0.15, 0.2) is 18.2 Å². The predicted molar refractivity (Wildman–Crippen MR) is 73.6 cm³/mol. The lowest BCUT2D eigenvalue weighted by atomic mass is 10.0. The topological polar surface area (TPSA) is 57.6 Å². The fourth-order valence-corrected chi connectivity index (χ4v) is 2.57. The molecule has 1 aromatic carbocycles. The maximum absolute atomic E-state index is 11.6. The van der Waals surface area contributed by atoms with E-state index in [2.05, 4.69) is 0 Å². The van der Waals surface area contributed by atoms with Crippen LogP contribution in [0.5, 0.6) is 0 Å². The van der Waals surface area contributed by atoms with Crippen molar-refractivity contribution < 1.29 is 14.7 Å². The summed E-state index contributed by atoms with van der Waals surface area (Å²) in [7, 11) is 1.76. The number of carboxylic acid groups (broad SMARTS) is 1. The van der Waals surface area contributed by atoms with Gasteiger partial charge in [-0.1, -0.05) is 12.1 Å². The fraction of sp³-hybridized carbons (Fsp3) is 0.429. The number of carbonyl (C=O) groups is 2. The molecule has 0 aliphatic carbocycles. The number of carboxylic acids is 1. The van der Waals surface area contributed by atoms with Crippen LogP contribution in [0.25, 0.3) is 0 Å². The van der Waals surface area contributed by atoms with E-state index in [1.54, 1.807) is 11.9 Å². The van der Waals surface area contributed by atoms with Crippen LogP contribution in [0, 0.1) is 0 Å². The molecule has 1 N–H and O–H groups in total. The second kappa shape index (κ2) is 5.61. The molecule has 0 fully saturated rings. The molecule has 1 unspecified atom stereocenters. The highest BCUT2D eigenvalue weighted by molar-refractivity contribution is 6.20. The Labute approximate surface area is 117 Å². The summed E-state index contributed by atoms with van der Waals surface area (Å²) >= 11 is 6.27. The van der Waals surface area contributed by atoms with E-state index in [0.29, 0.717) is 19.3 Å². The lowest BCUT2D eigenvalue weighted by molar-refractivity contribution is -0.137. The Morgan fingerprint density at radius 3 is 2.95 bits per heavy atom. The highest BCUT2D eigenvalue weighted by Gasteiger charge is 2.24. The molecule has 0 spiro atoms. The maximum atomic E-state index is 11.6. The summed E-state index contributed by atoms with van der Waals surface area (Å²) in [6.45, 7) is 0. The summed E-state index contributed by atoms with van der Waals surface area (Å²) in [6.07, 6.45) is 1.73. The number of fused-ring (bicyclic) bond motifs is 1. The van der Waals surface area contributed by atoms with Crippen molar-refractivity contribution in [2.24, 2.45) is 0 Å². The fourth-order valence-electron chi connectivity index (χ4n) is 2.28. The smallest absolute Gasteiger partial charge is 0.303 e. The molecule has 0 radical (unpaired) electrons. The van der Waals surface area contributed by atoms with Crippen molar-refractivity contribution in [1.29, 1.82) is 0 Å². The average molecular weight is 282 g/mol. The molecule has 1 heterocycles. The Balaban J connectivity index is 2.04. The number of alkyl halides is 1. The van der Waals surface area contributed by atoms with E-state index in [1.165, 1.54) is 0 Å². The van der Waals surface area contributed by atoms with Gasteiger partial charge in [-0.3, -0.25) is 9.59 Å². The van der Waals surface area contributed by atoms with Gasteiger partial charge in [-0.15, -0.1) is 11.6 Å². The van der Waals surface area contributed by atoms with Crippen LogP contribution in [-0.2, 0) is 16.0 Å². The minimum Gasteiger partial charge on any atom is -0.481 e. The van der Waals surface area contributed by atoms with Gasteiger partial charge in [0.05, 0.1) is 11.8 Å². The number of hydrogen-bond acceptors (Lipinski definition) is 2. The molecule has 0 saturated heterocycles. The first-order valence-corrected chi connectivity index (χ1v) is 6.68. The van der Waals surface area contributed by atoms with Gasteiger partial charge in [-0.2, -0.15) is 0 Å². The van der Waals surface area contributed by atoms with E-state index in [-0.39, 0.29) is 17.7 Å². The SMILES string of the molecule is CN1C(=O)Cc2cc(C(Cl)CCCC(=O)O)ccc21. The average Bonchev–Trinajstić information content (AvgIpc) is 2.64. The number of likely N-dealkylation sites (N-methyl/N-ethyl adjacent to an activating group) is 1. The Morgan fingerprint density at radius 2 is 2.26 bits per heavy atom. The Hall–Kier alpha value is -1.55. The molecular formula is C14H16ClNO3. The molecule has 0 saturated carbocycles. The van der Waals surface area contributed by atoms with Gasteiger partial charge in [0.1, 0.15) is 0 Å². The normalized spacial score (nSPS) is 15.5. The van der Waals surface area contributed by atoms with Gasteiger partial charge in [0.2, 0.25) is 5.91 Å². The predicted octanol–water partition coefficient (Wildman–Crippen LogP) is 2.74. The summed E-state index contributed by atoms with van der Waals surface area (Å²) in [5.41, 5.74) is 2.88. The van der Waals surface area contributed by atoms with Crippen LogP contribution >= 0.6 is 11.6 Å². The van der Waals surface area contributed by atoms with Gasteiger partial charge in [0.15, 0.2) is 0 Å². The number of amides is 1. The molecule has 1 aliphatic rings. The molecule has 0 bridgehead atoms. The standard InChI is InChI=1S/C14H16ClNO3/c1-16-12-6-5-9(7-10(12)8-13(16)17)11(15)3-2-4-14(18)19/h5-7,11H,2-4,8H2,1H3,(H,18,19). The third-order valence-electron chi connectivity index (χ3n) is 3.39. The van der Waals surface area contributed by atoms with Crippen LogP contribution in [0.1, 0.15) is 35.8 Å². The van der Waals surface area contributed by atoms with E-state index in [9.17, 15) is 9.59 Å². The van der Waals surface area contributed by atoms with E-state index >= 15 is 0 Å². The van der Waals surface area contributed by atoms with E-state index in [0.717, 1.165) is 16.8 Å². The molecular weight excluding hydrogens is 266 g/mol. The molecule has 0 aromatic heterocycles. The molecule has 102 valence electrons. The lowest BCUT2D eigenvalue weighted by Gasteiger charge is -2.13. The summed E-state index contributed by atoms with van der Waals surface area (Å²) in [4.78, 5) is 23.7. The Morgan fingerprint density at radius 1 is 1.53 bits per heavy atom. The van der Waals surface area contributed by atoms with Gasteiger partial charge in [0, 0.05) is 19.2 Å². The Bertz CT molecular complexity index is 515. The highest BCUT2D eigenvalue weighted by Crippen LogP contribution is 2.33. The highest BCUT2D eigenvalue weighted by atomic mass is 35.5. The maximum Gasteiger partial charge on any atom is 0.303 e. The van der Waals surface area contributed by atoms with Crippen molar-refractivity contribution in [3.63, 3.8) is 0 Å². The van der Waals surface area contributed by atoms with Crippen molar-refractivity contribution in [3.05, 3.63) is 29.3 Å². The number of aliphatic carboxylic acids is 1. The van der Waals surface area contributed by atoms with Gasteiger partial charge in [0.25, 0.3) is 0 Å². The molecule has 5 heteroatoms. The summed E-state index contributed by atoms with van der Waals surface area (Å²) in [5, 5.41) is 8.39. The van der Waals surface area contributed by atoms with Crippen molar-refractivity contribution in [1.82, 2.24) is 0 Å². The van der Waals surface area contributed by atoms with Crippen LogP contribution in [0.2, 0.25) is 0 Å². The van der Waals surface area contributed by atoms with E-state index < -0.39 is 5.97 Å². The molecule has 1 aromatic rings. The van der Waals surface area contributed by atoms with Crippen LogP contribution < -0.4 is 4.90 Å². The van der Waals surface area contributed by atoms with Gasteiger partial charge in [-0.05, 0) is 30.0 Å². The van der Waals surface area contributed by atoms with Crippen LogP contribution in [-0.4, -0.2) is 24.0 Å². The summed E-state index contributed by atoms with van der Waals surface area (Å²) in [6, 6.07) is 5.77. The van der Waals surface area contributed by atoms with E-state index in [1.807, 2.05) is 18.2 Å². The van der Waals surface area contributed by atoms with Crippen molar-refractivity contribution in [3.8, 4) is 0 Å². The third-order valence-corrected chi connectivity index (χ3v) is 3.86. The van der Waals surface area contributed by atoms with Crippen molar-refractivity contribution in [2.45, 2.75) is 31.1 Å². The van der Waals surface area contributed by atoms with E-state index in [4.69, 9.17) is 16.7 Å². The number of carbonyl (C=O) groups excluding carboxylic acids is 1. The Kier molecular flexibility index (Phi) is 4.10. The largest absolute Gasteiger partial charge is 0.481 e. The van der Waals surface area contributed by atoms with Crippen molar-refractivity contribution in [2.75, 3.05) is 11.9 Å². The van der Waals surface area contributed by atoms with Gasteiger partial charge >= 0.3 is 5.97 Å². The zero-order valence-corrected chi connectivity index (χ0v) is 11.5. The number of hydrogen-bond donors (Lipinski definition) is 1. The summed E-state index contributed by atoms with van der Waals surface area (Å²) < 4.78 is 0. The quantitative estimate of drug-likeness (QED) is 0.844. The van der Waals surface area contributed by atoms with Crippen molar-refractivity contribution >= 4 is 29.2 Å². The molecule has 2 rings (SSSR count). The third kappa shape index (κ3) is 3.07. The molecule has 4 nitrogen and oxygen atoms in total. The number of rotatable bonds is 5. The number of nitrogens with zero attached hydrogens (tertiary/aromatic N) is 1. The van der Waals surface area contributed by atoms with Crippen LogP contribution in [0.4, 0.5) is 5.69 Å². The minimum atomic E-state index is -0.801. The molecule has 1 aliphatic heterocycles. The zero-order chi connectivity index (χ0) is 14.0. The monoisotopic (exact) mass is 281 g/mol. The molecule has 1 amide bonds. The second-order valence-electron chi connectivity index (χ2n) is 4.77. The lowest BCUT2D eigenvalue weighted by Crippen LogP contribution is -2.20. The number of anilines is 1.